The molecule has 1 fully saturated rings. The van der Waals surface area contributed by atoms with Crippen molar-refractivity contribution in [2.75, 3.05) is 20.1 Å². The van der Waals surface area contributed by atoms with Crippen molar-refractivity contribution in [3.8, 4) is 0 Å². The minimum Gasteiger partial charge on any atom is -0.374 e. The monoisotopic (exact) mass is 383 g/mol. The molecular formula is C21H26ClN5. The van der Waals surface area contributed by atoms with Crippen LogP contribution >= 0.6 is 11.6 Å². The minimum atomic E-state index is 0.396. The minimum absolute atomic E-state index is 0.396. The van der Waals surface area contributed by atoms with Crippen molar-refractivity contribution in [1.82, 2.24) is 25.5 Å². The van der Waals surface area contributed by atoms with Gasteiger partial charge >= 0.3 is 0 Å². The summed E-state index contributed by atoms with van der Waals surface area (Å²) in [6, 6.07) is 10.5. The number of halogens is 1. The molecule has 3 rings (SSSR count). The van der Waals surface area contributed by atoms with E-state index in [9.17, 15) is 0 Å². The van der Waals surface area contributed by atoms with E-state index in [2.05, 4.69) is 45.9 Å². The molecule has 2 unspecified atom stereocenters. The molecule has 2 heterocycles. The Balaban J connectivity index is 2.11. The summed E-state index contributed by atoms with van der Waals surface area (Å²) in [6.45, 7) is 10.6. The van der Waals surface area contributed by atoms with Crippen molar-refractivity contribution in [2.24, 2.45) is 0 Å². The van der Waals surface area contributed by atoms with Crippen LogP contribution in [0.1, 0.15) is 25.1 Å². The van der Waals surface area contributed by atoms with E-state index in [4.69, 9.17) is 11.6 Å². The number of aromatic nitrogens is 2. The highest BCUT2D eigenvalue weighted by Crippen LogP contribution is 2.33. The molecule has 2 aromatic rings. The third kappa shape index (κ3) is 4.49. The number of hydrogen-bond donors (Lipinski definition) is 2. The number of piperazine rings is 1. The molecule has 1 saturated heterocycles. The van der Waals surface area contributed by atoms with E-state index in [1.54, 1.807) is 12.5 Å². The Kier molecular flexibility index (Phi) is 6.14. The summed E-state index contributed by atoms with van der Waals surface area (Å²) in [5.41, 5.74) is 3.72. The normalized spacial score (nSPS) is 20.8. The molecule has 1 aromatic carbocycles. The molecule has 0 bridgehead atoms. The standard InChI is InChI=1S/C21H26ClN5/c1-14-11-27(12-15(2)26-14)21(23-4)20(19-9-10-24-13-25-19)16(3)17-5-7-18(22)8-6-17/h5-10,13-15,23,26H,3,11-12H2,1-2,4H3/b21-20-. The Morgan fingerprint density at radius 3 is 2.41 bits per heavy atom. The van der Waals surface area contributed by atoms with Crippen LogP contribution in [-0.4, -0.2) is 47.1 Å². The van der Waals surface area contributed by atoms with Crippen LogP contribution in [0.2, 0.25) is 5.02 Å². The highest BCUT2D eigenvalue weighted by atomic mass is 35.5. The predicted octanol–water partition coefficient (Wildman–Crippen LogP) is 3.41. The quantitative estimate of drug-likeness (QED) is 0.775. The van der Waals surface area contributed by atoms with Gasteiger partial charge in [0, 0.05) is 49.0 Å². The van der Waals surface area contributed by atoms with Gasteiger partial charge < -0.3 is 15.5 Å². The third-order valence-electron chi connectivity index (χ3n) is 4.68. The van der Waals surface area contributed by atoms with Crippen LogP contribution < -0.4 is 10.6 Å². The van der Waals surface area contributed by atoms with Crippen molar-refractivity contribution in [3.05, 3.63) is 71.5 Å². The molecule has 1 aromatic heterocycles. The molecule has 5 nitrogen and oxygen atoms in total. The molecule has 2 N–H and O–H groups in total. The fraction of sp³-hybridized carbons (Fsp3) is 0.333. The van der Waals surface area contributed by atoms with Crippen molar-refractivity contribution in [3.63, 3.8) is 0 Å². The molecule has 0 saturated carbocycles. The van der Waals surface area contributed by atoms with E-state index in [0.29, 0.717) is 17.1 Å². The van der Waals surface area contributed by atoms with Gasteiger partial charge in [0.15, 0.2) is 0 Å². The molecule has 2 atom stereocenters. The van der Waals surface area contributed by atoms with E-state index in [0.717, 1.165) is 41.3 Å². The summed E-state index contributed by atoms with van der Waals surface area (Å²) < 4.78 is 0. The van der Waals surface area contributed by atoms with E-state index < -0.39 is 0 Å². The molecule has 0 radical (unpaired) electrons. The Labute approximate surface area is 166 Å². The van der Waals surface area contributed by atoms with Gasteiger partial charge in [-0.15, -0.1) is 0 Å². The fourth-order valence-corrected chi connectivity index (χ4v) is 3.73. The van der Waals surface area contributed by atoms with Crippen molar-refractivity contribution in [2.45, 2.75) is 25.9 Å². The predicted molar refractivity (Wildman–Crippen MR) is 112 cm³/mol. The fourth-order valence-electron chi connectivity index (χ4n) is 3.60. The molecule has 27 heavy (non-hydrogen) atoms. The number of nitrogens with zero attached hydrogens (tertiary/aromatic N) is 3. The van der Waals surface area contributed by atoms with Gasteiger partial charge in [-0.25, -0.2) is 9.97 Å². The molecule has 1 aliphatic heterocycles. The van der Waals surface area contributed by atoms with Gasteiger partial charge in [-0.3, -0.25) is 0 Å². The maximum Gasteiger partial charge on any atom is 0.116 e. The lowest BCUT2D eigenvalue weighted by Crippen LogP contribution is -2.55. The van der Waals surface area contributed by atoms with Crippen molar-refractivity contribution in [1.29, 1.82) is 0 Å². The van der Waals surface area contributed by atoms with Gasteiger partial charge in [0.05, 0.1) is 5.69 Å². The summed E-state index contributed by atoms with van der Waals surface area (Å²) in [7, 11) is 1.95. The zero-order valence-electron chi connectivity index (χ0n) is 16.0. The topological polar surface area (TPSA) is 53.1 Å². The summed E-state index contributed by atoms with van der Waals surface area (Å²) in [6.07, 6.45) is 3.33. The molecular weight excluding hydrogens is 358 g/mol. The maximum absolute atomic E-state index is 6.07. The number of hydrogen-bond acceptors (Lipinski definition) is 5. The Morgan fingerprint density at radius 1 is 1.19 bits per heavy atom. The molecule has 0 amide bonds. The van der Waals surface area contributed by atoms with Crippen molar-refractivity contribution >= 4 is 22.7 Å². The van der Waals surface area contributed by atoms with Crippen LogP contribution in [0, 0.1) is 0 Å². The lowest BCUT2D eigenvalue weighted by Gasteiger charge is -2.39. The van der Waals surface area contributed by atoms with Crippen LogP contribution in [0.3, 0.4) is 0 Å². The van der Waals surface area contributed by atoms with E-state index in [1.807, 2.05) is 37.4 Å². The SMILES string of the molecule is C=C(/C(=C(\NC)N1CC(C)NC(C)C1)c1ccncn1)c1ccc(Cl)cc1. The smallest absolute Gasteiger partial charge is 0.116 e. The second kappa shape index (κ2) is 8.55. The zero-order valence-corrected chi connectivity index (χ0v) is 16.8. The average molecular weight is 384 g/mol. The van der Waals surface area contributed by atoms with E-state index in [-0.39, 0.29) is 0 Å². The van der Waals surface area contributed by atoms with Gasteiger partial charge in [0.2, 0.25) is 0 Å². The third-order valence-corrected chi connectivity index (χ3v) is 4.93. The first-order valence-electron chi connectivity index (χ1n) is 9.14. The highest BCUT2D eigenvalue weighted by molar-refractivity contribution is 6.30. The van der Waals surface area contributed by atoms with Crippen molar-refractivity contribution < 1.29 is 0 Å². The van der Waals surface area contributed by atoms with Crippen LogP contribution in [0.15, 0.2) is 55.3 Å². The number of nitrogens with one attached hydrogen (secondary N) is 2. The number of benzene rings is 1. The van der Waals surface area contributed by atoms with Gasteiger partial charge in [-0.1, -0.05) is 30.3 Å². The molecule has 142 valence electrons. The molecule has 1 aliphatic rings. The highest BCUT2D eigenvalue weighted by Gasteiger charge is 2.26. The first-order chi connectivity index (χ1) is 13.0. The van der Waals surface area contributed by atoms with Gasteiger partial charge in [-0.2, -0.15) is 0 Å². The van der Waals surface area contributed by atoms with Gasteiger partial charge in [-0.05, 0) is 43.2 Å². The van der Waals surface area contributed by atoms with Gasteiger partial charge in [0.1, 0.15) is 12.1 Å². The maximum atomic E-state index is 6.07. The Hall–Kier alpha value is -2.37. The van der Waals surface area contributed by atoms with Crippen LogP contribution in [0.5, 0.6) is 0 Å². The summed E-state index contributed by atoms with van der Waals surface area (Å²) in [4.78, 5) is 10.9. The second-order valence-corrected chi connectivity index (χ2v) is 7.36. The summed E-state index contributed by atoms with van der Waals surface area (Å²) in [5, 5.41) is 7.69. The Bertz CT molecular complexity index is 806. The first kappa shape index (κ1) is 19.4. The lowest BCUT2D eigenvalue weighted by atomic mass is 9.95. The summed E-state index contributed by atoms with van der Waals surface area (Å²) in [5.74, 6) is 1.02. The average Bonchev–Trinajstić information content (AvgIpc) is 2.66. The van der Waals surface area contributed by atoms with E-state index in [1.165, 1.54) is 0 Å². The largest absolute Gasteiger partial charge is 0.374 e. The van der Waals surface area contributed by atoms with Crippen LogP contribution in [0.4, 0.5) is 0 Å². The summed E-state index contributed by atoms with van der Waals surface area (Å²) >= 11 is 6.07. The molecule has 0 aliphatic carbocycles. The van der Waals surface area contributed by atoms with Crippen LogP contribution in [-0.2, 0) is 0 Å². The van der Waals surface area contributed by atoms with Gasteiger partial charge in [0.25, 0.3) is 0 Å². The van der Waals surface area contributed by atoms with E-state index >= 15 is 0 Å². The number of allylic oxidation sites excluding steroid dienone is 2. The molecule has 0 spiro atoms. The first-order valence-corrected chi connectivity index (χ1v) is 9.52. The zero-order chi connectivity index (χ0) is 19.4. The lowest BCUT2D eigenvalue weighted by molar-refractivity contribution is 0.207. The second-order valence-electron chi connectivity index (χ2n) is 6.93. The van der Waals surface area contributed by atoms with Crippen LogP contribution in [0.25, 0.3) is 11.1 Å². The Morgan fingerprint density at radius 2 is 1.85 bits per heavy atom. The number of rotatable bonds is 5. The molecule has 6 heteroatoms.